The zero-order valence-corrected chi connectivity index (χ0v) is 10.3. The number of hydrogen-bond acceptors (Lipinski definition) is 3. The molecule has 3 rings (SSSR count). The van der Waals surface area contributed by atoms with E-state index in [9.17, 15) is 0 Å². The number of aromatic nitrogens is 3. The predicted molar refractivity (Wildman–Crippen MR) is 68.5 cm³/mol. The molecule has 4 nitrogen and oxygen atoms in total. The van der Waals surface area contributed by atoms with Crippen molar-refractivity contribution in [2.45, 2.75) is 13.8 Å². The third-order valence-corrected chi connectivity index (χ3v) is 2.89. The topological polar surface area (TPSA) is 43.9 Å². The maximum absolute atomic E-state index is 5.32. The summed E-state index contributed by atoms with van der Waals surface area (Å²) in [6.45, 7) is 4.01. The largest absolute Gasteiger partial charge is 0.463 e. The molecule has 0 aliphatic heterocycles. The molecule has 0 N–H and O–H groups in total. The monoisotopic (exact) mass is 239 g/mol. The molecule has 0 aliphatic carbocycles. The molecule has 0 bridgehead atoms. The second kappa shape index (κ2) is 4.14. The number of rotatable bonds is 2. The molecule has 4 heteroatoms. The van der Waals surface area contributed by atoms with Crippen molar-refractivity contribution in [2.24, 2.45) is 0 Å². The second-order valence-electron chi connectivity index (χ2n) is 4.16. The number of furan rings is 1. The summed E-state index contributed by atoms with van der Waals surface area (Å²) in [6.07, 6.45) is 5.34. The fourth-order valence-electron chi connectivity index (χ4n) is 2.04. The average Bonchev–Trinajstić information content (AvgIpc) is 3.01. The van der Waals surface area contributed by atoms with Gasteiger partial charge in [-0.1, -0.05) is 0 Å². The molecule has 0 unspecified atom stereocenters. The fourth-order valence-corrected chi connectivity index (χ4v) is 2.04. The zero-order chi connectivity index (χ0) is 12.5. The van der Waals surface area contributed by atoms with Crippen LogP contribution < -0.4 is 0 Å². The molecule has 0 atom stereocenters. The molecule has 18 heavy (non-hydrogen) atoms. The lowest BCUT2D eigenvalue weighted by Gasteiger charge is -2.07. The van der Waals surface area contributed by atoms with Crippen molar-refractivity contribution < 1.29 is 4.42 Å². The first-order chi connectivity index (χ1) is 8.75. The lowest BCUT2D eigenvalue weighted by Crippen LogP contribution is -1.99. The van der Waals surface area contributed by atoms with Gasteiger partial charge in [0.1, 0.15) is 11.5 Å². The van der Waals surface area contributed by atoms with Crippen molar-refractivity contribution in [3.63, 3.8) is 0 Å². The second-order valence-corrected chi connectivity index (χ2v) is 4.16. The minimum atomic E-state index is 0.778. The van der Waals surface area contributed by atoms with E-state index in [2.05, 4.69) is 14.5 Å². The van der Waals surface area contributed by atoms with Gasteiger partial charge in [0, 0.05) is 11.9 Å². The lowest BCUT2D eigenvalue weighted by molar-refractivity contribution is 0.580. The Morgan fingerprint density at radius 2 is 1.94 bits per heavy atom. The SMILES string of the molecule is Cc1cnc(C)n1-c1ccc(-c2ccco2)nc1. The highest BCUT2D eigenvalue weighted by atomic mass is 16.3. The average molecular weight is 239 g/mol. The summed E-state index contributed by atoms with van der Waals surface area (Å²) >= 11 is 0. The molecule has 90 valence electrons. The van der Waals surface area contributed by atoms with Gasteiger partial charge in [0.25, 0.3) is 0 Å². The molecule has 0 radical (unpaired) electrons. The summed E-state index contributed by atoms with van der Waals surface area (Å²) in [4.78, 5) is 8.70. The van der Waals surface area contributed by atoms with Gasteiger partial charge in [-0.25, -0.2) is 4.98 Å². The Morgan fingerprint density at radius 3 is 2.50 bits per heavy atom. The first-order valence-corrected chi connectivity index (χ1v) is 5.77. The third-order valence-electron chi connectivity index (χ3n) is 2.89. The number of hydrogen-bond donors (Lipinski definition) is 0. The van der Waals surface area contributed by atoms with Gasteiger partial charge in [-0.05, 0) is 38.1 Å². The smallest absolute Gasteiger partial charge is 0.152 e. The summed E-state index contributed by atoms with van der Waals surface area (Å²) in [5, 5.41) is 0. The van der Waals surface area contributed by atoms with Gasteiger partial charge >= 0.3 is 0 Å². The molecule has 0 spiro atoms. The summed E-state index contributed by atoms with van der Waals surface area (Å²) in [6, 6.07) is 7.73. The van der Waals surface area contributed by atoms with E-state index in [-0.39, 0.29) is 0 Å². The summed E-state index contributed by atoms with van der Waals surface area (Å²) < 4.78 is 7.38. The van der Waals surface area contributed by atoms with E-state index in [1.165, 1.54) is 0 Å². The van der Waals surface area contributed by atoms with Crippen LogP contribution in [0.1, 0.15) is 11.5 Å². The Kier molecular flexibility index (Phi) is 2.48. The van der Waals surface area contributed by atoms with Crippen molar-refractivity contribution in [3.05, 3.63) is 54.4 Å². The van der Waals surface area contributed by atoms with Crippen molar-refractivity contribution in [3.8, 4) is 17.1 Å². The van der Waals surface area contributed by atoms with Crippen molar-refractivity contribution in [1.82, 2.24) is 14.5 Å². The van der Waals surface area contributed by atoms with Crippen molar-refractivity contribution in [1.29, 1.82) is 0 Å². The maximum Gasteiger partial charge on any atom is 0.152 e. The van der Waals surface area contributed by atoms with Crippen LogP contribution in [-0.4, -0.2) is 14.5 Å². The summed E-state index contributed by atoms with van der Waals surface area (Å²) in [7, 11) is 0. The van der Waals surface area contributed by atoms with Gasteiger partial charge in [-0.15, -0.1) is 0 Å². The molecule has 0 aliphatic rings. The standard InChI is InChI=1S/C14H13N3O/c1-10-8-15-11(2)17(10)12-5-6-13(16-9-12)14-4-3-7-18-14/h3-9H,1-2H3. The molecule has 0 aromatic carbocycles. The minimum Gasteiger partial charge on any atom is -0.463 e. The lowest BCUT2D eigenvalue weighted by atomic mass is 10.2. The molecule has 3 aromatic heterocycles. The Morgan fingerprint density at radius 1 is 1.06 bits per heavy atom. The van der Waals surface area contributed by atoms with Gasteiger partial charge in [-0.3, -0.25) is 9.55 Å². The third kappa shape index (κ3) is 1.72. The Hall–Kier alpha value is -2.36. The van der Waals surface area contributed by atoms with E-state index in [0.717, 1.165) is 28.7 Å². The van der Waals surface area contributed by atoms with E-state index < -0.39 is 0 Å². The zero-order valence-electron chi connectivity index (χ0n) is 10.3. The van der Waals surface area contributed by atoms with E-state index >= 15 is 0 Å². The molecular weight excluding hydrogens is 226 g/mol. The first-order valence-electron chi connectivity index (χ1n) is 5.77. The van der Waals surface area contributed by atoms with Crippen LogP contribution in [0.4, 0.5) is 0 Å². The Labute approximate surface area is 105 Å². The summed E-state index contributed by atoms with van der Waals surface area (Å²) in [5.41, 5.74) is 2.94. The van der Waals surface area contributed by atoms with Crippen LogP contribution in [0.15, 0.2) is 47.3 Å². The molecule has 0 fully saturated rings. The minimum absolute atomic E-state index is 0.778. The molecule has 0 saturated heterocycles. The van der Waals surface area contributed by atoms with Crippen LogP contribution >= 0.6 is 0 Å². The predicted octanol–water partition coefficient (Wildman–Crippen LogP) is 3.14. The normalized spacial score (nSPS) is 10.8. The Bertz CT molecular complexity index is 631. The first kappa shape index (κ1) is 10.8. The van der Waals surface area contributed by atoms with Crippen LogP contribution in [0.5, 0.6) is 0 Å². The molecule has 0 saturated carbocycles. The van der Waals surface area contributed by atoms with Crippen LogP contribution in [0.25, 0.3) is 17.1 Å². The number of imidazole rings is 1. The Balaban J connectivity index is 2.02. The van der Waals surface area contributed by atoms with Gasteiger partial charge in [0.2, 0.25) is 0 Å². The molecule has 3 aromatic rings. The van der Waals surface area contributed by atoms with Crippen molar-refractivity contribution >= 4 is 0 Å². The molecule has 0 amide bonds. The maximum atomic E-state index is 5.32. The van der Waals surface area contributed by atoms with Gasteiger partial charge in [-0.2, -0.15) is 0 Å². The number of nitrogens with zero attached hydrogens (tertiary/aromatic N) is 3. The van der Waals surface area contributed by atoms with E-state index in [4.69, 9.17) is 4.42 Å². The van der Waals surface area contributed by atoms with Crippen molar-refractivity contribution in [2.75, 3.05) is 0 Å². The quantitative estimate of drug-likeness (QED) is 0.690. The number of pyridine rings is 1. The van der Waals surface area contributed by atoms with E-state index in [0.29, 0.717) is 0 Å². The molecular formula is C14H13N3O. The highest BCUT2D eigenvalue weighted by Gasteiger charge is 2.07. The molecule has 3 heterocycles. The van der Waals surface area contributed by atoms with E-state index in [1.807, 2.05) is 50.5 Å². The highest BCUT2D eigenvalue weighted by molar-refractivity contribution is 5.53. The van der Waals surface area contributed by atoms with E-state index in [1.54, 1.807) is 6.26 Å². The van der Waals surface area contributed by atoms with Gasteiger partial charge in [0.05, 0.1) is 18.1 Å². The van der Waals surface area contributed by atoms with Gasteiger partial charge < -0.3 is 4.42 Å². The van der Waals surface area contributed by atoms with Crippen LogP contribution in [0.3, 0.4) is 0 Å². The van der Waals surface area contributed by atoms with Crippen LogP contribution in [0.2, 0.25) is 0 Å². The number of aryl methyl sites for hydroxylation is 2. The van der Waals surface area contributed by atoms with Crippen LogP contribution in [0, 0.1) is 13.8 Å². The van der Waals surface area contributed by atoms with Crippen LogP contribution in [-0.2, 0) is 0 Å². The summed E-state index contributed by atoms with van der Waals surface area (Å²) in [5.74, 6) is 1.74. The highest BCUT2D eigenvalue weighted by Crippen LogP contribution is 2.19. The fraction of sp³-hybridized carbons (Fsp3) is 0.143. The van der Waals surface area contributed by atoms with Gasteiger partial charge in [0.15, 0.2) is 5.76 Å².